The quantitative estimate of drug-likeness (QED) is 0.654. The fourth-order valence-electron chi connectivity index (χ4n) is 3.66. The lowest BCUT2D eigenvalue weighted by Gasteiger charge is -2.31. The molecule has 2 aliphatic heterocycles. The Morgan fingerprint density at radius 1 is 1.14 bits per heavy atom. The van der Waals surface area contributed by atoms with E-state index in [9.17, 15) is 18.0 Å². The summed E-state index contributed by atoms with van der Waals surface area (Å²) in [6.07, 6.45) is 2.52. The van der Waals surface area contributed by atoms with Gasteiger partial charge in [0.1, 0.15) is 0 Å². The highest BCUT2D eigenvalue weighted by atomic mass is 35.5. The van der Waals surface area contributed by atoms with Gasteiger partial charge in [0.15, 0.2) is 6.10 Å². The fraction of sp³-hybridized carbons (Fsp3) is 0.600. The molecule has 1 aromatic rings. The molecule has 1 atom stereocenters. The summed E-state index contributed by atoms with van der Waals surface area (Å²) < 4.78 is 32.2. The number of amides is 1. The lowest BCUT2D eigenvalue weighted by atomic mass is 9.99. The standard InChI is InChI=1S/C20H27ClN2O5S/c1-14-7-11-22(12-8-14)19(24)15(2)28-20(25)17-13-16(5-6-18(17)21)29(26,27)23-9-3-4-10-23/h5-6,13-15H,3-4,7-12H2,1-2H3. The van der Waals surface area contributed by atoms with Crippen molar-refractivity contribution in [3.05, 3.63) is 28.8 Å². The number of piperidine rings is 1. The number of esters is 1. The summed E-state index contributed by atoms with van der Waals surface area (Å²) in [5.74, 6) is -0.474. The van der Waals surface area contributed by atoms with Crippen LogP contribution in [-0.4, -0.2) is 61.8 Å². The first-order valence-corrected chi connectivity index (χ1v) is 11.8. The van der Waals surface area contributed by atoms with Gasteiger partial charge in [-0.15, -0.1) is 0 Å². The van der Waals surface area contributed by atoms with E-state index in [0.29, 0.717) is 32.1 Å². The Morgan fingerprint density at radius 3 is 2.38 bits per heavy atom. The fourth-order valence-corrected chi connectivity index (χ4v) is 5.40. The molecule has 0 radical (unpaired) electrons. The van der Waals surface area contributed by atoms with Crippen LogP contribution in [0.4, 0.5) is 0 Å². The molecular formula is C20H27ClN2O5S. The van der Waals surface area contributed by atoms with E-state index in [0.717, 1.165) is 25.7 Å². The lowest BCUT2D eigenvalue weighted by Crippen LogP contribution is -2.44. The van der Waals surface area contributed by atoms with Crippen LogP contribution in [0.15, 0.2) is 23.1 Å². The van der Waals surface area contributed by atoms with E-state index < -0.39 is 22.1 Å². The molecule has 3 rings (SSSR count). The maximum Gasteiger partial charge on any atom is 0.340 e. The molecule has 9 heteroatoms. The van der Waals surface area contributed by atoms with Crippen molar-refractivity contribution in [2.75, 3.05) is 26.2 Å². The van der Waals surface area contributed by atoms with E-state index in [4.69, 9.17) is 16.3 Å². The average molecular weight is 443 g/mol. The van der Waals surface area contributed by atoms with Crippen LogP contribution in [0, 0.1) is 5.92 Å². The predicted molar refractivity (Wildman–Crippen MR) is 109 cm³/mol. The Labute approximate surface area is 177 Å². The Hall–Kier alpha value is -1.64. The maximum absolute atomic E-state index is 12.8. The number of nitrogens with zero attached hydrogens (tertiary/aromatic N) is 2. The van der Waals surface area contributed by atoms with Gasteiger partial charge in [-0.2, -0.15) is 4.31 Å². The van der Waals surface area contributed by atoms with E-state index >= 15 is 0 Å². The van der Waals surface area contributed by atoms with Crippen LogP contribution in [0.25, 0.3) is 0 Å². The molecule has 0 aromatic heterocycles. The van der Waals surface area contributed by atoms with Gasteiger partial charge >= 0.3 is 5.97 Å². The third kappa shape index (κ3) is 4.92. The zero-order valence-corrected chi connectivity index (χ0v) is 18.3. The summed E-state index contributed by atoms with van der Waals surface area (Å²) in [6.45, 7) is 5.89. The van der Waals surface area contributed by atoms with Crippen molar-refractivity contribution < 1.29 is 22.7 Å². The van der Waals surface area contributed by atoms with E-state index in [1.54, 1.807) is 4.90 Å². The number of likely N-dealkylation sites (tertiary alicyclic amines) is 1. The minimum Gasteiger partial charge on any atom is -0.449 e. The van der Waals surface area contributed by atoms with Gasteiger partial charge in [-0.1, -0.05) is 18.5 Å². The van der Waals surface area contributed by atoms with E-state index in [1.807, 2.05) is 0 Å². The molecule has 7 nitrogen and oxygen atoms in total. The van der Waals surface area contributed by atoms with E-state index in [1.165, 1.54) is 29.4 Å². The topological polar surface area (TPSA) is 84.0 Å². The van der Waals surface area contributed by atoms with Crippen LogP contribution in [-0.2, 0) is 19.6 Å². The van der Waals surface area contributed by atoms with Gasteiger partial charge in [-0.3, -0.25) is 4.79 Å². The lowest BCUT2D eigenvalue weighted by molar-refractivity contribution is -0.141. The highest BCUT2D eigenvalue weighted by molar-refractivity contribution is 7.89. The van der Waals surface area contributed by atoms with Gasteiger partial charge in [0.25, 0.3) is 5.91 Å². The highest BCUT2D eigenvalue weighted by Crippen LogP contribution is 2.26. The van der Waals surface area contributed by atoms with Crippen molar-refractivity contribution >= 4 is 33.5 Å². The second-order valence-corrected chi connectivity index (χ2v) is 10.2. The first-order chi connectivity index (χ1) is 13.7. The Balaban J connectivity index is 1.72. The number of carbonyl (C=O) groups excluding carboxylic acids is 2. The molecule has 0 aliphatic carbocycles. The van der Waals surface area contributed by atoms with Gasteiger partial charge in [-0.25, -0.2) is 13.2 Å². The molecule has 2 aliphatic rings. The van der Waals surface area contributed by atoms with E-state index in [-0.39, 0.29) is 21.4 Å². The summed E-state index contributed by atoms with van der Waals surface area (Å²) in [7, 11) is -3.69. The Morgan fingerprint density at radius 2 is 1.76 bits per heavy atom. The van der Waals surface area contributed by atoms with E-state index in [2.05, 4.69) is 6.92 Å². The monoisotopic (exact) mass is 442 g/mol. The molecule has 0 bridgehead atoms. The minimum atomic E-state index is -3.69. The molecule has 0 saturated carbocycles. The number of halogens is 1. The number of hydrogen-bond donors (Lipinski definition) is 0. The zero-order valence-electron chi connectivity index (χ0n) is 16.8. The molecule has 2 heterocycles. The Kier molecular flexibility index (Phi) is 6.86. The molecule has 160 valence electrons. The van der Waals surface area contributed by atoms with Crippen LogP contribution in [0.2, 0.25) is 5.02 Å². The third-order valence-corrected chi connectivity index (χ3v) is 7.81. The van der Waals surface area contributed by atoms with Crippen molar-refractivity contribution in [1.29, 1.82) is 0 Å². The highest BCUT2D eigenvalue weighted by Gasteiger charge is 2.30. The molecule has 2 saturated heterocycles. The molecular weight excluding hydrogens is 416 g/mol. The number of sulfonamides is 1. The van der Waals surface area contributed by atoms with Crippen molar-refractivity contribution in [3.63, 3.8) is 0 Å². The maximum atomic E-state index is 12.8. The number of benzene rings is 1. The van der Waals surface area contributed by atoms with Gasteiger partial charge in [0.05, 0.1) is 15.5 Å². The van der Waals surface area contributed by atoms with Crippen LogP contribution >= 0.6 is 11.6 Å². The Bertz CT molecular complexity index is 875. The smallest absolute Gasteiger partial charge is 0.340 e. The SMILES string of the molecule is CC1CCN(C(=O)C(C)OC(=O)c2cc(S(=O)(=O)N3CCCC3)ccc2Cl)CC1. The summed E-state index contributed by atoms with van der Waals surface area (Å²) in [5, 5.41) is 0.0850. The van der Waals surface area contributed by atoms with Crippen molar-refractivity contribution in [1.82, 2.24) is 9.21 Å². The number of rotatable bonds is 5. The second kappa shape index (κ2) is 9.02. The van der Waals surface area contributed by atoms with Crippen LogP contribution in [0.3, 0.4) is 0 Å². The van der Waals surface area contributed by atoms with Crippen LogP contribution in [0.5, 0.6) is 0 Å². The summed E-state index contributed by atoms with van der Waals surface area (Å²) in [4.78, 5) is 26.9. The molecule has 1 unspecified atom stereocenters. The molecule has 2 fully saturated rings. The molecule has 0 spiro atoms. The van der Waals surface area contributed by atoms with Crippen molar-refractivity contribution in [3.8, 4) is 0 Å². The summed E-state index contributed by atoms with van der Waals surface area (Å²) >= 11 is 6.12. The van der Waals surface area contributed by atoms with Gasteiger partial charge < -0.3 is 9.64 Å². The van der Waals surface area contributed by atoms with Crippen molar-refractivity contribution in [2.45, 2.75) is 50.5 Å². The molecule has 0 N–H and O–H groups in total. The average Bonchev–Trinajstić information content (AvgIpc) is 3.23. The van der Waals surface area contributed by atoms with Gasteiger partial charge in [-0.05, 0) is 56.7 Å². The van der Waals surface area contributed by atoms with Crippen molar-refractivity contribution in [2.24, 2.45) is 5.92 Å². The number of hydrogen-bond acceptors (Lipinski definition) is 5. The number of ether oxygens (including phenoxy) is 1. The largest absolute Gasteiger partial charge is 0.449 e. The van der Waals surface area contributed by atoms with Gasteiger partial charge in [0.2, 0.25) is 10.0 Å². The summed E-state index contributed by atoms with van der Waals surface area (Å²) in [5.41, 5.74) is -0.0566. The van der Waals surface area contributed by atoms with Gasteiger partial charge in [0, 0.05) is 26.2 Å². The van der Waals surface area contributed by atoms with Crippen LogP contribution in [0.1, 0.15) is 49.9 Å². The first-order valence-electron chi connectivity index (χ1n) is 9.99. The summed E-state index contributed by atoms with van der Waals surface area (Å²) in [6, 6.07) is 3.99. The number of carbonyl (C=O) groups is 2. The third-order valence-electron chi connectivity index (χ3n) is 5.59. The molecule has 1 amide bonds. The first kappa shape index (κ1) is 22.1. The normalized spacial score (nSPS) is 19.9. The molecule has 1 aromatic carbocycles. The molecule has 29 heavy (non-hydrogen) atoms. The zero-order chi connectivity index (χ0) is 21.2. The van der Waals surface area contributed by atoms with Crippen LogP contribution < -0.4 is 0 Å². The minimum absolute atomic E-state index is 0.000234. The second-order valence-electron chi connectivity index (χ2n) is 7.81. The predicted octanol–water partition coefficient (Wildman–Crippen LogP) is 2.93.